The zero-order chi connectivity index (χ0) is 19.9. The Morgan fingerprint density at radius 1 is 1.25 bits per heavy atom. The minimum Gasteiger partial charge on any atom is -0.494 e. The van der Waals surface area contributed by atoms with Crippen molar-refractivity contribution in [1.82, 2.24) is 9.55 Å². The number of rotatable bonds is 7. The van der Waals surface area contributed by atoms with Gasteiger partial charge in [-0.1, -0.05) is 36.4 Å². The van der Waals surface area contributed by atoms with Crippen molar-refractivity contribution in [3.8, 4) is 11.5 Å². The lowest BCUT2D eigenvalue weighted by Gasteiger charge is -2.17. The highest BCUT2D eigenvalue weighted by Crippen LogP contribution is 2.25. The summed E-state index contributed by atoms with van der Waals surface area (Å²) in [5, 5.41) is 3.29. The fourth-order valence-corrected chi connectivity index (χ4v) is 2.90. The molecule has 0 saturated heterocycles. The molecule has 1 aliphatic rings. The van der Waals surface area contributed by atoms with Gasteiger partial charge in [0.25, 0.3) is 0 Å². The molecule has 0 radical (unpaired) electrons. The first kappa shape index (κ1) is 19.5. The van der Waals surface area contributed by atoms with Gasteiger partial charge in [0.1, 0.15) is 5.75 Å². The molecule has 1 heterocycles. The molecule has 1 aromatic heterocycles. The number of aryl methyl sites for hydroxylation is 1. The molecule has 3 rings (SSSR count). The summed E-state index contributed by atoms with van der Waals surface area (Å²) in [6.07, 6.45) is 12.7. The van der Waals surface area contributed by atoms with E-state index in [-0.39, 0.29) is 5.75 Å². The van der Waals surface area contributed by atoms with Crippen LogP contribution in [0.15, 0.2) is 65.1 Å². The van der Waals surface area contributed by atoms with E-state index in [4.69, 9.17) is 9.47 Å². The summed E-state index contributed by atoms with van der Waals surface area (Å²) in [6, 6.07) is 5.81. The molecule has 0 saturated carbocycles. The van der Waals surface area contributed by atoms with Gasteiger partial charge in [0.05, 0.1) is 19.9 Å². The Morgan fingerprint density at radius 2 is 2.11 bits per heavy atom. The zero-order valence-electron chi connectivity index (χ0n) is 16.4. The van der Waals surface area contributed by atoms with E-state index in [0.717, 1.165) is 23.4 Å². The second-order valence-corrected chi connectivity index (χ2v) is 6.44. The zero-order valence-corrected chi connectivity index (χ0v) is 16.4. The third kappa shape index (κ3) is 4.71. The molecule has 1 aliphatic carbocycles. The van der Waals surface area contributed by atoms with Gasteiger partial charge in [0.15, 0.2) is 0 Å². The number of benzene rings is 1. The van der Waals surface area contributed by atoms with E-state index in [1.807, 2.05) is 54.8 Å². The van der Waals surface area contributed by atoms with Crippen LogP contribution in [0.25, 0.3) is 0 Å². The quantitative estimate of drug-likeness (QED) is 0.783. The molecule has 6 heteroatoms. The Kier molecular flexibility index (Phi) is 6.32. The monoisotopic (exact) mass is 379 g/mol. The van der Waals surface area contributed by atoms with E-state index in [9.17, 15) is 4.79 Å². The van der Waals surface area contributed by atoms with Gasteiger partial charge in [0.2, 0.25) is 11.7 Å². The molecule has 0 spiro atoms. The fourth-order valence-electron chi connectivity index (χ4n) is 2.90. The number of aromatic nitrogens is 2. The summed E-state index contributed by atoms with van der Waals surface area (Å²) < 4.78 is 12.7. The van der Waals surface area contributed by atoms with Crippen molar-refractivity contribution in [3.63, 3.8) is 0 Å². The lowest BCUT2D eigenvalue weighted by atomic mass is 10.1. The minimum atomic E-state index is -0.408. The maximum Gasteiger partial charge on any atom is 0.316 e. The molecule has 0 fully saturated rings. The summed E-state index contributed by atoms with van der Waals surface area (Å²) >= 11 is 0. The van der Waals surface area contributed by atoms with Gasteiger partial charge in [-0.05, 0) is 37.5 Å². The highest BCUT2D eigenvalue weighted by atomic mass is 16.5. The van der Waals surface area contributed by atoms with Crippen LogP contribution in [0.2, 0.25) is 0 Å². The number of hydrogen-bond acceptors (Lipinski definition) is 5. The predicted molar refractivity (Wildman–Crippen MR) is 112 cm³/mol. The van der Waals surface area contributed by atoms with Crippen LogP contribution in [0, 0.1) is 6.92 Å². The van der Waals surface area contributed by atoms with Crippen molar-refractivity contribution in [2.24, 2.45) is 0 Å². The molecule has 0 atom stereocenters. The van der Waals surface area contributed by atoms with Crippen molar-refractivity contribution in [1.29, 1.82) is 0 Å². The first-order chi connectivity index (χ1) is 13.6. The summed E-state index contributed by atoms with van der Waals surface area (Å²) in [5.74, 6) is 1.44. The van der Waals surface area contributed by atoms with Crippen LogP contribution < -0.4 is 20.3 Å². The molecule has 0 bridgehead atoms. The summed E-state index contributed by atoms with van der Waals surface area (Å²) in [4.78, 5) is 16.5. The third-order valence-electron chi connectivity index (χ3n) is 4.39. The van der Waals surface area contributed by atoms with Crippen LogP contribution >= 0.6 is 0 Å². The second-order valence-electron chi connectivity index (χ2n) is 6.44. The maximum absolute atomic E-state index is 12.3. The van der Waals surface area contributed by atoms with Crippen molar-refractivity contribution < 1.29 is 9.47 Å². The van der Waals surface area contributed by atoms with E-state index < -0.39 is 5.56 Å². The normalized spacial score (nSPS) is 13.0. The highest BCUT2D eigenvalue weighted by Gasteiger charge is 2.12. The van der Waals surface area contributed by atoms with E-state index in [1.165, 1.54) is 12.7 Å². The number of ether oxygens (including phenoxy) is 2. The molecular formula is C22H25N3O3. The molecule has 146 valence electrons. The Morgan fingerprint density at radius 3 is 2.89 bits per heavy atom. The Labute approximate surface area is 164 Å². The first-order valence-electron chi connectivity index (χ1n) is 9.28. The molecular weight excluding hydrogens is 354 g/mol. The maximum atomic E-state index is 12.3. The number of nitrogens with one attached hydrogen (secondary N) is 1. The fraction of sp³-hybridized carbons (Fsp3) is 0.273. The molecule has 6 nitrogen and oxygen atoms in total. The van der Waals surface area contributed by atoms with Gasteiger partial charge in [-0.25, -0.2) is 0 Å². The number of hydrogen-bond donors (Lipinski definition) is 1. The van der Waals surface area contributed by atoms with Gasteiger partial charge in [-0.2, -0.15) is 4.98 Å². The SMILES string of the molecule is CCOc1ccc(C)c(Nc2nc(=O)c(OC)cn2CC2=CC=CC=CC2)c1. The van der Waals surface area contributed by atoms with Gasteiger partial charge in [-0.15, -0.1) is 0 Å². The molecule has 0 amide bonds. The topological polar surface area (TPSA) is 65.4 Å². The average molecular weight is 379 g/mol. The van der Waals surface area contributed by atoms with Crippen molar-refractivity contribution in [2.75, 3.05) is 19.0 Å². The molecule has 28 heavy (non-hydrogen) atoms. The highest BCUT2D eigenvalue weighted by molar-refractivity contribution is 5.61. The van der Waals surface area contributed by atoms with E-state index in [0.29, 0.717) is 19.1 Å². The van der Waals surface area contributed by atoms with Gasteiger partial charge in [-0.3, -0.25) is 4.79 Å². The van der Waals surface area contributed by atoms with E-state index in [1.54, 1.807) is 6.20 Å². The Bertz CT molecular complexity index is 987. The van der Waals surface area contributed by atoms with Crippen LogP contribution in [0.4, 0.5) is 11.6 Å². The van der Waals surface area contributed by atoms with E-state index >= 15 is 0 Å². The minimum absolute atomic E-state index is 0.214. The largest absolute Gasteiger partial charge is 0.494 e. The standard InChI is InChI=1S/C22H25N3O3/c1-4-28-18-12-11-16(2)19(13-18)23-22-24-21(26)20(27-3)15-25(22)14-17-9-7-5-6-8-10-17/h5-9,11-13,15H,4,10,14H2,1-3H3,(H,23,24,26). The van der Waals surface area contributed by atoms with Crippen molar-refractivity contribution in [2.45, 2.75) is 26.8 Å². The summed E-state index contributed by atoms with van der Waals surface area (Å²) in [5.41, 5.74) is 2.65. The molecule has 2 aromatic rings. The smallest absolute Gasteiger partial charge is 0.316 e. The second kappa shape index (κ2) is 9.08. The summed E-state index contributed by atoms with van der Waals surface area (Å²) in [7, 11) is 1.47. The number of anilines is 2. The Hall–Kier alpha value is -3.28. The molecule has 1 aromatic carbocycles. The van der Waals surface area contributed by atoms with Crippen LogP contribution in [0.1, 0.15) is 18.9 Å². The first-order valence-corrected chi connectivity index (χ1v) is 9.28. The number of nitrogens with zero attached hydrogens (tertiary/aromatic N) is 2. The van der Waals surface area contributed by atoms with Gasteiger partial charge >= 0.3 is 5.56 Å². The molecule has 1 N–H and O–H groups in total. The van der Waals surface area contributed by atoms with Crippen molar-refractivity contribution in [3.05, 3.63) is 76.3 Å². The van der Waals surface area contributed by atoms with Crippen molar-refractivity contribution >= 4 is 11.6 Å². The number of allylic oxidation sites excluding steroid dienone is 6. The van der Waals surface area contributed by atoms with Crippen LogP contribution in [0.3, 0.4) is 0 Å². The van der Waals surface area contributed by atoms with Gasteiger partial charge < -0.3 is 19.4 Å². The lowest BCUT2D eigenvalue weighted by Crippen LogP contribution is -2.19. The lowest BCUT2D eigenvalue weighted by molar-refractivity contribution is 0.340. The Balaban J connectivity index is 1.98. The van der Waals surface area contributed by atoms with Crippen LogP contribution in [-0.4, -0.2) is 23.3 Å². The molecule has 0 unspecified atom stereocenters. The summed E-state index contributed by atoms with van der Waals surface area (Å²) in [6.45, 7) is 5.11. The van der Waals surface area contributed by atoms with Crippen LogP contribution in [-0.2, 0) is 6.54 Å². The molecule has 0 aliphatic heterocycles. The predicted octanol–water partition coefficient (Wildman–Crippen LogP) is 4.15. The van der Waals surface area contributed by atoms with E-state index in [2.05, 4.69) is 22.5 Å². The van der Waals surface area contributed by atoms with Crippen LogP contribution in [0.5, 0.6) is 11.5 Å². The number of methoxy groups -OCH3 is 1. The average Bonchev–Trinajstić information content (AvgIpc) is 2.95. The van der Waals surface area contributed by atoms with Gasteiger partial charge in [0, 0.05) is 18.3 Å². The third-order valence-corrected chi connectivity index (χ3v) is 4.39.